The molecule has 1 aromatic carbocycles. The highest BCUT2D eigenvalue weighted by Crippen LogP contribution is 2.12. The minimum atomic E-state index is -0.148. The zero-order valence-corrected chi connectivity index (χ0v) is 13.2. The number of carbonyl (C=O) groups is 1. The Morgan fingerprint density at radius 1 is 1.27 bits per heavy atom. The second-order valence-electron chi connectivity index (χ2n) is 5.30. The van der Waals surface area contributed by atoms with Gasteiger partial charge in [0.25, 0.3) is 5.91 Å². The van der Waals surface area contributed by atoms with Crippen molar-refractivity contribution in [3.63, 3.8) is 0 Å². The summed E-state index contributed by atoms with van der Waals surface area (Å²) in [6.45, 7) is 2.45. The fourth-order valence-electron chi connectivity index (χ4n) is 1.92. The summed E-state index contributed by atoms with van der Waals surface area (Å²) < 4.78 is 5.47. The third-order valence-electron chi connectivity index (χ3n) is 3.12. The van der Waals surface area contributed by atoms with E-state index in [9.17, 15) is 4.79 Å². The second-order valence-corrected chi connectivity index (χ2v) is 5.30. The summed E-state index contributed by atoms with van der Waals surface area (Å²) >= 11 is 0. The Morgan fingerprint density at radius 3 is 2.82 bits per heavy atom. The molecular weight excluding hydrogens is 278 g/mol. The second kappa shape index (κ2) is 7.45. The van der Waals surface area contributed by atoms with Gasteiger partial charge in [-0.2, -0.15) is 0 Å². The lowest BCUT2D eigenvalue weighted by Gasteiger charge is -2.12. The fourth-order valence-corrected chi connectivity index (χ4v) is 1.92. The number of nitrogens with one attached hydrogen (secondary N) is 1. The van der Waals surface area contributed by atoms with E-state index in [1.165, 1.54) is 0 Å². The van der Waals surface area contributed by atoms with Gasteiger partial charge in [0.2, 0.25) is 0 Å². The Morgan fingerprint density at radius 2 is 2.09 bits per heavy atom. The Labute approximate surface area is 130 Å². The van der Waals surface area contributed by atoms with Crippen LogP contribution in [0.2, 0.25) is 0 Å². The first-order valence-corrected chi connectivity index (χ1v) is 7.13. The Kier molecular flexibility index (Phi) is 5.36. The van der Waals surface area contributed by atoms with Crippen LogP contribution in [0, 0.1) is 6.92 Å². The fraction of sp³-hybridized carbons (Fsp3) is 0.294. The molecule has 1 aromatic heterocycles. The molecule has 0 fully saturated rings. The molecule has 0 aliphatic carbocycles. The van der Waals surface area contributed by atoms with Crippen LogP contribution in [0.5, 0.6) is 5.75 Å². The first kappa shape index (κ1) is 15.8. The van der Waals surface area contributed by atoms with Crippen molar-refractivity contribution in [2.45, 2.75) is 13.5 Å². The molecule has 5 heteroatoms. The van der Waals surface area contributed by atoms with E-state index in [1.807, 2.05) is 62.3 Å². The number of nitrogens with zero attached hydrogens (tertiary/aromatic N) is 2. The van der Waals surface area contributed by atoms with Crippen molar-refractivity contribution in [3.8, 4) is 5.75 Å². The van der Waals surface area contributed by atoms with Crippen LogP contribution in [-0.4, -0.2) is 31.6 Å². The normalized spacial score (nSPS) is 10.1. The average Bonchev–Trinajstić information content (AvgIpc) is 2.51. The summed E-state index contributed by atoms with van der Waals surface area (Å²) in [7, 11) is 3.86. The molecule has 1 amide bonds. The SMILES string of the molecule is Cc1cccc(OCC(=O)NCc2ccnc(N(C)C)c2)c1. The number of benzene rings is 1. The van der Waals surface area contributed by atoms with E-state index in [0.717, 1.165) is 16.9 Å². The highest BCUT2D eigenvalue weighted by molar-refractivity contribution is 5.77. The predicted molar refractivity (Wildman–Crippen MR) is 87.1 cm³/mol. The van der Waals surface area contributed by atoms with Gasteiger partial charge in [0.1, 0.15) is 11.6 Å². The van der Waals surface area contributed by atoms with E-state index >= 15 is 0 Å². The van der Waals surface area contributed by atoms with E-state index in [4.69, 9.17) is 4.74 Å². The maximum absolute atomic E-state index is 11.8. The zero-order valence-electron chi connectivity index (χ0n) is 13.2. The molecule has 0 unspecified atom stereocenters. The van der Waals surface area contributed by atoms with Gasteiger partial charge in [-0.05, 0) is 42.3 Å². The Bertz CT molecular complexity index is 641. The minimum absolute atomic E-state index is 0.00900. The molecule has 0 spiro atoms. The zero-order chi connectivity index (χ0) is 15.9. The molecule has 2 rings (SSSR count). The summed E-state index contributed by atoms with van der Waals surface area (Å²) in [5, 5.41) is 2.84. The predicted octanol–water partition coefficient (Wildman–Crippen LogP) is 2.15. The van der Waals surface area contributed by atoms with Crippen LogP contribution < -0.4 is 15.0 Å². The number of rotatable bonds is 6. The summed E-state index contributed by atoms with van der Waals surface area (Å²) in [6.07, 6.45) is 1.74. The number of aromatic nitrogens is 1. The van der Waals surface area contributed by atoms with Crippen LogP contribution in [0.25, 0.3) is 0 Å². The Hall–Kier alpha value is -2.56. The Balaban J connectivity index is 1.81. The van der Waals surface area contributed by atoms with E-state index in [0.29, 0.717) is 12.3 Å². The first-order valence-electron chi connectivity index (χ1n) is 7.13. The van der Waals surface area contributed by atoms with Crippen LogP contribution in [0.4, 0.5) is 5.82 Å². The highest BCUT2D eigenvalue weighted by Gasteiger charge is 2.04. The number of aryl methyl sites for hydroxylation is 1. The van der Waals surface area contributed by atoms with Gasteiger partial charge in [0.05, 0.1) is 0 Å². The van der Waals surface area contributed by atoms with Crippen LogP contribution in [0.15, 0.2) is 42.6 Å². The number of anilines is 1. The van der Waals surface area contributed by atoms with Crippen molar-refractivity contribution in [3.05, 3.63) is 53.7 Å². The molecule has 0 saturated heterocycles. The van der Waals surface area contributed by atoms with Gasteiger partial charge in [0.15, 0.2) is 6.61 Å². The first-order chi connectivity index (χ1) is 10.5. The van der Waals surface area contributed by atoms with Crippen molar-refractivity contribution in [1.29, 1.82) is 0 Å². The van der Waals surface area contributed by atoms with Crippen LogP contribution in [0.1, 0.15) is 11.1 Å². The third kappa shape index (κ3) is 4.77. The lowest BCUT2D eigenvalue weighted by molar-refractivity contribution is -0.123. The lowest BCUT2D eigenvalue weighted by atomic mass is 10.2. The lowest BCUT2D eigenvalue weighted by Crippen LogP contribution is -2.28. The molecule has 0 atom stereocenters. The number of hydrogen-bond donors (Lipinski definition) is 1. The number of pyridine rings is 1. The summed E-state index contributed by atoms with van der Waals surface area (Å²) in [5.74, 6) is 1.42. The number of carbonyl (C=O) groups excluding carboxylic acids is 1. The quantitative estimate of drug-likeness (QED) is 0.888. The van der Waals surface area contributed by atoms with Crippen molar-refractivity contribution < 1.29 is 9.53 Å². The molecule has 22 heavy (non-hydrogen) atoms. The average molecular weight is 299 g/mol. The van der Waals surface area contributed by atoms with Gasteiger partial charge < -0.3 is 15.0 Å². The number of ether oxygens (including phenoxy) is 1. The molecule has 0 saturated carbocycles. The molecule has 1 N–H and O–H groups in total. The highest BCUT2D eigenvalue weighted by atomic mass is 16.5. The molecule has 0 aliphatic heterocycles. The van der Waals surface area contributed by atoms with Crippen molar-refractivity contribution in [2.75, 3.05) is 25.6 Å². The van der Waals surface area contributed by atoms with Crippen molar-refractivity contribution in [1.82, 2.24) is 10.3 Å². The smallest absolute Gasteiger partial charge is 0.258 e. The van der Waals surface area contributed by atoms with Gasteiger partial charge >= 0.3 is 0 Å². The topological polar surface area (TPSA) is 54.5 Å². The largest absolute Gasteiger partial charge is 0.484 e. The molecule has 0 aliphatic rings. The van der Waals surface area contributed by atoms with Crippen molar-refractivity contribution >= 4 is 11.7 Å². The van der Waals surface area contributed by atoms with E-state index in [-0.39, 0.29) is 12.5 Å². The summed E-state index contributed by atoms with van der Waals surface area (Å²) in [6, 6.07) is 11.5. The van der Waals surface area contributed by atoms with Gasteiger partial charge in [0, 0.05) is 26.8 Å². The van der Waals surface area contributed by atoms with Crippen molar-refractivity contribution in [2.24, 2.45) is 0 Å². The van der Waals surface area contributed by atoms with E-state index in [1.54, 1.807) is 6.20 Å². The monoisotopic (exact) mass is 299 g/mol. The molecule has 116 valence electrons. The van der Waals surface area contributed by atoms with E-state index < -0.39 is 0 Å². The molecule has 5 nitrogen and oxygen atoms in total. The number of amides is 1. The van der Waals surface area contributed by atoms with Crippen LogP contribution in [-0.2, 0) is 11.3 Å². The minimum Gasteiger partial charge on any atom is -0.484 e. The van der Waals surface area contributed by atoms with Gasteiger partial charge in [-0.25, -0.2) is 4.98 Å². The van der Waals surface area contributed by atoms with E-state index in [2.05, 4.69) is 10.3 Å². The van der Waals surface area contributed by atoms with Crippen LogP contribution in [0.3, 0.4) is 0 Å². The van der Waals surface area contributed by atoms with Crippen LogP contribution >= 0.6 is 0 Å². The maximum Gasteiger partial charge on any atom is 0.258 e. The van der Waals surface area contributed by atoms with Gasteiger partial charge in [-0.3, -0.25) is 4.79 Å². The molecule has 2 aromatic rings. The number of hydrogen-bond acceptors (Lipinski definition) is 4. The third-order valence-corrected chi connectivity index (χ3v) is 3.12. The summed E-state index contributed by atoms with van der Waals surface area (Å²) in [5.41, 5.74) is 2.11. The van der Waals surface area contributed by atoms with Gasteiger partial charge in [-0.1, -0.05) is 12.1 Å². The standard InChI is InChI=1S/C17H21N3O2/c1-13-5-4-6-15(9-13)22-12-17(21)19-11-14-7-8-18-16(10-14)20(2)3/h4-10H,11-12H2,1-3H3,(H,19,21). The molecule has 1 heterocycles. The molecule has 0 radical (unpaired) electrons. The maximum atomic E-state index is 11.8. The molecular formula is C17H21N3O2. The van der Waals surface area contributed by atoms with Gasteiger partial charge in [-0.15, -0.1) is 0 Å². The summed E-state index contributed by atoms with van der Waals surface area (Å²) in [4.78, 5) is 18.0. The molecule has 0 bridgehead atoms.